The molecule has 1 atom stereocenters. The Hall–Kier alpha value is -0.220. The van der Waals surface area contributed by atoms with E-state index in [1.54, 1.807) is 0 Å². The van der Waals surface area contributed by atoms with Crippen LogP contribution in [0.2, 0.25) is 0 Å². The van der Waals surface area contributed by atoms with Crippen molar-refractivity contribution in [2.45, 2.75) is 43.4 Å². The van der Waals surface area contributed by atoms with Gasteiger partial charge in [-0.1, -0.05) is 0 Å². The molecule has 96 valence electrons. The number of ether oxygens (including phenoxy) is 1. The molecule has 0 aromatic carbocycles. The van der Waals surface area contributed by atoms with Crippen LogP contribution in [0.1, 0.15) is 32.1 Å². The fourth-order valence-corrected chi connectivity index (χ4v) is 4.13. The highest BCUT2D eigenvalue weighted by Crippen LogP contribution is 2.35. The number of carbonyl (C=O) groups is 1. The van der Waals surface area contributed by atoms with Crippen molar-refractivity contribution in [2.24, 2.45) is 5.92 Å². The molecule has 1 saturated carbocycles. The summed E-state index contributed by atoms with van der Waals surface area (Å²) in [7, 11) is 0. The van der Waals surface area contributed by atoms with Gasteiger partial charge in [0.25, 0.3) is 0 Å². The summed E-state index contributed by atoms with van der Waals surface area (Å²) in [5.41, 5.74) is 0. The molecule has 0 radical (unpaired) electrons. The molecule has 17 heavy (non-hydrogen) atoms. The van der Waals surface area contributed by atoms with E-state index >= 15 is 0 Å². The van der Waals surface area contributed by atoms with Crippen LogP contribution < -0.4 is 0 Å². The molecule has 0 aromatic heterocycles. The third-order valence-electron chi connectivity index (χ3n) is 4.05. The summed E-state index contributed by atoms with van der Waals surface area (Å²) in [4.78, 5) is 14.3. The van der Waals surface area contributed by atoms with Crippen molar-refractivity contribution < 1.29 is 9.53 Å². The van der Waals surface area contributed by atoms with Gasteiger partial charge in [-0.2, -0.15) is 0 Å². The molecule has 1 amide bonds. The van der Waals surface area contributed by atoms with Crippen molar-refractivity contribution in [1.82, 2.24) is 4.90 Å². The molecule has 4 heteroatoms. The predicted molar refractivity (Wildman–Crippen MR) is 69.1 cm³/mol. The van der Waals surface area contributed by atoms with Gasteiger partial charge in [0.15, 0.2) is 0 Å². The standard InChI is InChI=1S/C13H21NO2S/c15-13-12(3-6-14(13)11-1-2-11)17-9-10-4-7-16-8-5-10/h10-12H,1-9H2/t12-/m1/s1. The van der Waals surface area contributed by atoms with Crippen molar-refractivity contribution >= 4 is 17.7 Å². The second kappa shape index (κ2) is 5.19. The van der Waals surface area contributed by atoms with Crippen LogP contribution >= 0.6 is 11.8 Å². The van der Waals surface area contributed by atoms with Gasteiger partial charge in [0.2, 0.25) is 5.91 Å². The van der Waals surface area contributed by atoms with Crippen LogP contribution in [0.4, 0.5) is 0 Å². The third kappa shape index (κ3) is 2.79. The lowest BCUT2D eigenvalue weighted by molar-refractivity contribution is -0.127. The lowest BCUT2D eigenvalue weighted by Gasteiger charge is -2.22. The average molecular weight is 255 g/mol. The lowest BCUT2D eigenvalue weighted by Crippen LogP contribution is -2.30. The first-order valence-corrected chi connectivity index (χ1v) is 7.89. The topological polar surface area (TPSA) is 29.5 Å². The Morgan fingerprint density at radius 2 is 1.94 bits per heavy atom. The van der Waals surface area contributed by atoms with Crippen molar-refractivity contribution in [1.29, 1.82) is 0 Å². The van der Waals surface area contributed by atoms with Crippen LogP contribution in [0.15, 0.2) is 0 Å². The molecule has 0 bridgehead atoms. The van der Waals surface area contributed by atoms with Gasteiger partial charge in [0.05, 0.1) is 5.25 Å². The zero-order valence-corrected chi connectivity index (χ0v) is 11.1. The average Bonchev–Trinajstić information content (AvgIpc) is 3.13. The Bertz CT molecular complexity index is 287. The first kappa shape index (κ1) is 11.8. The summed E-state index contributed by atoms with van der Waals surface area (Å²) < 4.78 is 5.36. The highest BCUT2D eigenvalue weighted by molar-refractivity contribution is 8.00. The van der Waals surface area contributed by atoms with Gasteiger partial charge in [-0.25, -0.2) is 0 Å². The Kier molecular flexibility index (Phi) is 3.61. The van der Waals surface area contributed by atoms with Gasteiger partial charge in [-0.3, -0.25) is 4.79 Å². The largest absolute Gasteiger partial charge is 0.381 e. The normalized spacial score (nSPS) is 31.2. The fourth-order valence-electron chi connectivity index (χ4n) is 2.74. The first-order chi connectivity index (χ1) is 8.34. The van der Waals surface area contributed by atoms with E-state index in [2.05, 4.69) is 4.90 Å². The molecule has 1 aliphatic carbocycles. The summed E-state index contributed by atoms with van der Waals surface area (Å²) >= 11 is 1.90. The van der Waals surface area contributed by atoms with E-state index < -0.39 is 0 Å². The maximum atomic E-state index is 12.1. The maximum Gasteiger partial charge on any atom is 0.236 e. The quantitative estimate of drug-likeness (QED) is 0.768. The van der Waals surface area contributed by atoms with E-state index in [0.29, 0.717) is 11.9 Å². The van der Waals surface area contributed by atoms with Gasteiger partial charge < -0.3 is 9.64 Å². The van der Waals surface area contributed by atoms with Crippen LogP contribution in [0.3, 0.4) is 0 Å². The van der Waals surface area contributed by atoms with Crippen molar-refractivity contribution in [3.63, 3.8) is 0 Å². The molecule has 0 aromatic rings. The van der Waals surface area contributed by atoms with Crippen LogP contribution in [0.25, 0.3) is 0 Å². The Morgan fingerprint density at radius 3 is 2.65 bits per heavy atom. The van der Waals surface area contributed by atoms with Crippen molar-refractivity contribution in [2.75, 3.05) is 25.5 Å². The van der Waals surface area contributed by atoms with Gasteiger partial charge in [-0.15, -0.1) is 11.8 Å². The number of amides is 1. The molecule has 3 fully saturated rings. The molecule has 3 rings (SSSR count). The summed E-state index contributed by atoms with van der Waals surface area (Å²) in [5, 5.41) is 0.262. The number of rotatable bonds is 4. The van der Waals surface area contributed by atoms with Crippen molar-refractivity contribution in [3.05, 3.63) is 0 Å². The number of carbonyl (C=O) groups excluding carboxylic acids is 1. The highest BCUT2D eigenvalue weighted by Gasteiger charge is 2.40. The zero-order chi connectivity index (χ0) is 11.7. The minimum Gasteiger partial charge on any atom is -0.381 e. The molecule has 3 nitrogen and oxygen atoms in total. The van der Waals surface area contributed by atoms with Gasteiger partial charge in [0.1, 0.15) is 0 Å². The lowest BCUT2D eigenvalue weighted by atomic mass is 10.0. The number of hydrogen-bond acceptors (Lipinski definition) is 3. The summed E-state index contributed by atoms with van der Waals surface area (Å²) in [6.45, 7) is 2.84. The van der Waals surface area contributed by atoms with Gasteiger partial charge in [-0.05, 0) is 43.8 Å². The minimum absolute atomic E-state index is 0.262. The van der Waals surface area contributed by atoms with Crippen LogP contribution in [-0.2, 0) is 9.53 Å². The number of thioether (sulfide) groups is 1. The highest BCUT2D eigenvalue weighted by atomic mass is 32.2. The first-order valence-electron chi connectivity index (χ1n) is 6.84. The Morgan fingerprint density at radius 1 is 1.18 bits per heavy atom. The molecule has 0 spiro atoms. The second-order valence-electron chi connectivity index (χ2n) is 5.43. The van der Waals surface area contributed by atoms with E-state index in [4.69, 9.17) is 4.74 Å². The van der Waals surface area contributed by atoms with Crippen LogP contribution in [0.5, 0.6) is 0 Å². The second-order valence-corrected chi connectivity index (χ2v) is 6.66. The van der Waals surface area contributed by atoms with E-state index in [1.165, 1.54) is 25.7 Å². The van der Waals surface area contributed by atoms with Gasteiger partial charge >= 0.3 is 0 Å². The molecule has 3 aliphatic rings. The Labute approximate surface area is 107 Å². The van der Waals surface area contributed by atoms with E-state index in [9.17, 15) is 4.79 Å². The van der Waals surface area contributed by atoms with Crippen molar-refractivity contribution in [3.8, 4) is 0 Å². The fraction of sp³-hybridized carbons (Fsp3) is 0.923. The minimum atomic E-state index is 0.262. The van der Waals surface area contributed by atoms with E-state index in [-0.39, 0.29) is 5.25 Å². The Balaban J connectivity index is 1.44. The third-order valence-corrected chi connectivity index (χ3v) is 5.56. The number of nitrogens with zero attached hydrogens (tertiary/aromatic N) is 1. The van der Waals surface area contributed by atoms with Crippen LogP contribution in [-0.4, -0.2) is 47.6 Å². The number of likely N-dealkylation sites (tertiary alicyclic amines) is 1. The summed E-state index contributed by atoms with van der Waals surface area (Å²) in [5.74, 6) is 2.35. The molecule has 0 unspecified atom stereocenters. The van der Waals surface area contributed by atoms with Gasteiger partial charge in [0, 0.05) is 25.8 Å². The zero-order valence-electron chi connectivity index (χ0n) is 10.3. The molecule has 2 heterocycles. The number of hydrogen-bond donors (Lipinski definition) is 0. The molecular formula is C13H21NO2S. The summed E-state index contributed by atoms with van der Waals surface area (Å²) in [6, 6.07) is 0.608. The predicted octanol–water partition coefficient (Wildman–Crippen LogP) is 1.91. The monoisotopic (exact) mass is 255 g/mol. The smallest absolute Gasteiger partial charge is 0.236 e. The van der Waals surface area contributed by atoms with E-state index in [1.807, 2.05) is 11.8 Å². The van der Waals surface area contributed by atoms with E-state index in [0.717, 1.165) is 37.9 Å². The maximum absolute atomic E-state index is 12.1. The van der Waals surface area contributed by atoms with Crippen LogP contribution in [0, 0.1) is 5.92 Å². The molecule has 0 N–H and O–H groups in total. The summed E-state index contributed by atoms with van der Waals surface area (Å²) in [6.07, 6.45) is 5.91. The SMILES string of the molecule is O=C1[C@H](SCC2CCOCC2)CCN1C1CC1. The molecular weight excluding hydrogens is 234 g/mol. The molecule has 2 saturated heterocycles. The molecule has 2 aliphatic heterocycles.